The normalized spacial score (nSPS) is 13.2. The fourth-order valence-corrected chi connectivity index (χ4v) is 2.81. The highest BCUT2D eigenvalue weighted by Crippen LogP contribution is 2.24. The van der Waals surface area contributed by atoms with E-state index in [0.717, 1.165) is 12.5 Å². The molecule has 94 valence electrons. The fraction of sp³-hybridized carbons (Fsp3) is 0.300. The molecule has 5 nitrogen and oxygen atoms in total. The molecule has 7 heteroatoms. The molecule has 0 fully saturated rings. The number of halogens is 1. The Morgan fingerprint density at radius 2 is 2.06 bits per heavy atom. The van der Waals surface area contributed by atoms with E-state index in [9.17, 15) is 13.2 Å². The number of rotatable bonds is 3. The molecule has 17 heavy (non-hydrogen) atoms. The minimum absolute atomic E-state index is 0.0357. The monoisotopic (exact) mass is 276 g/mol. The summed E-state index contributed by atoms with van der Waals surface area (Å²) in [7, 11) is -3.90. The lowest BCUT2D eigenvalue weighted by atomic mass is 10.1. The van der Waals surface area contributed by atoms with Crippen LogP contribution in [0, 0.1) is 0 Å². The zero-order valence-corrected chi connectivity index (χ0v) is 11.0. The maximum atomic E-state index is 11.7. The molecule has 0 spiro atoms. The van der Waals surface area contributed by atoms with Crippen molar-refractivity contribution in [2.24, 2.45) is 5.73 Å². The van der Waals surface area contributed by atoms with E-state index in [1.165, 1.54) is 12.1 Å². The molecule has 0 aliphatic heterocycles. The van der Waals surface area contributed by atoms with Gasteiger partial charge in [-0.3, -0.25) is 4.79 Å². The molecule has 1 atom stereocenters. The van der Waals surface area contributed by atoms with Crippen LogP contribution >= 0.6 is 11.6 Å². The maximum Gasteiger partial charge on any atom is 0.265 e. The van der Waals surface area contributed by atoms with E-state index in [0.29, 0.717) is 0 Å². The highest BCUT2D eigenvalue weighted by molar-refractivity contribution is 7.90. The Labute approximate surface area is 105 Å². The van der Waals surface area contributed by atoms with Gasteiger partial charge < -0.3 is 5.73 Å². The zero-order valence-electron chi connectivity index (χ0n) is 9.40. The zero-order chi connectivity index (χ0) is 13.2. The number of sulfonamides is 1. The molecule has 0 bridgehead atoms. The Morgan fingerprint density at radius 1 is 1.47 bits per heavy atom. The Morgan fingerprint density at radius 3 is 2.47 bits per heavy atom. The number of carbonyl (C=O) groups excluding carboxylic acids is 1. The van der Waals surface area contributed by atoms with Crippen molar-refractivity contribution in [3.8, 4) is 0 Å². The summed E-state index contributed by atoms with van der Waals surface area (Å²) >= 11 is 5.86. The van der Waals surface area contributed by atoms with Crippen LogP contribution in [0.15, 0.2) is 23.1 Å². The molecule has 1 rings (SSSR count). The van der Waals surface area contributed by atoms with Crippen molar-refractivity contribution in [2.45, 2.75) is 24.8 Å². The summed E-state index contributed by atoms with van der Waals surface area (Å²) in [6.07, 6.45) is 0. The van der Waals surface area contributed by atoms with Crippen molar-refractivity contribution < 1.29 is 13.2 Å². The van der Waals surface area contributed by atoms with E-state index in [1.54, 1.807) is 13.0 Å². The van der Waals surface area contributed by atoms with Gasteiger partial charge in [-0.05, 0) is 24.6 Å². The van der Waals surface area contributed by atoms with E-state index in [-0.39, 0.29) is 16.0 Å². The summed E-state index contributed by atoms with van der Waals surface area (Å²) in [5.74, 6) is -0.669. The van der Waals surface area contributed by atoms with Crippen LogP contribution in [0.4, 0.5) is 0 Å². The summed E-state index contributed by atoms with van der Waals surface area (Å²) in [5, 5.41) is 0.0357. The van der Waals surface area contributed by atoms with Crippen molar-refractivity contribution in [1.82, 2.24) is 4.72 Å². The summed E-state index contributed by atoms with van der Waals surface area (Å²) < 4.78 is 25.2. The van der Waals surface area contributed by atoms with Gasteiger partial charge in [-0.2, -0.15) is 0 Å². The maximum absolute atomic E-state index is 11.7. The molecule has 0 heterocycles. The molecule has 0 radical (unpaired) electrons. The summed E-state index contributed by atoms with van der Waals surface area (Å²) in [4.78, 5) is 10.6. The van der Waals surface area contributed by atoms with Gasteiger partial charge in [-0.1, -0.05) is 17.7 Å². The molecule has 1 unspecified atom stereocenters. The van der Waals surface area contributed by atoms with Crippen LogP contribution in [-0.2, 0) is 14.8 Å². The highest BCUT2D eigenvalue weighted by atomic mass is 35.5. The average Bonchev–Trinajstić information content (AvgIpc) is 2.14. The minimum atomic E-state index is -3.90. The summed E-state index contributed by atoms with van der Waals surface area (Å²) in [6, 6.07) is 4.11. The molecule has 0 aromatic heterocycles. The number of hydrogen-bond acceptors (Lipinski definition) is 4. The fourth-order valence-electron chi connectivity index (χ4n) is 1.26. The topological polar surface area (TPSA) is 89.3 Å². The highest BCUT2D eigenvalue weighted by Gasteiger charge is 2.19. The van der Waals surface area contributed by atoms with Gasteiger partial charge in [0.2, 0.25) is 5.91 Å². The molecule has 1 amide bonds. The number of benzene rings is 1. The van der Waals surface area contributed by atoms with Gasteiger partial charge in [-0.15, -0.1) is 0 Å². The molecule has 3 N–H and O–H groups in total. The smallest absolute Gasteiger partial charge is 0.265 e. The van der Waals surface area contributed by atoms with E-state index >= 15 is 0 Å². The predicted octanol–water partition coefficient (Wildman–Crippen LogP) is 1.18. The number of carbonyl (C=O) groups is 1. The lowest BCUT2D eigenvalue weighted by Crippen LogP contribution is -2.28. The minimum Gasteiger partial charge on any atom is -0.324 e. The number of amides is 1. The molecular weight excluding hydrogens is 264 g/mol. The van der Waals surface area contributed by atoms with Crippen LogP contribution in [0.5, 0.6) is 0 Å². The third-order valence-electron chi connectivity index (χ3n) is 2.05. The molecule has 0 aliphatic carbocycles. The van der Waals surface area contributed by atoms with E-state index in [1.807, 2.05) is 4.72 Å². The summed E-state index contributed by atoms with van der Waals surface area (Å²) in [5.41, 5.74) is 6.36. The third-order valence-corrected chi connectivity index (χ3v) is 3.97. The summed E-state index contributed by atoms with van der Waals surface area (Å²) in [6.45, 7) is 2.87. The third kappa shape index (κ3) is 3.42. The second-order valence-electron chi connectivity index (χ2n) is 3.64. The van der Waals surface area contributed by atoms with Crippen LogP contribution < -0.4 is 10.5 Å². The average molecular weight is 277 g/mol. The van der Waals surface area contributed by atoms with Gasteiger partial charge in [-0.25, -0.2) is 13.1 Å². The van der Waals surface area contributed by atoms with Crippen molar-refractivity contribution in [3.05, 3.63) is 28.8 Å². The van der Waals surface area contributed by atoms with E-state index in [2.05, 4.69) is 0 Å². The van der Waals surface area contributed by atoms with Gasteiger partial charge in [0, 0.05) is 13.0 Å². The lowest BCUT2D eigenvalue weighted by Gasteiger charge is -2.10. The van der Waals surface area contributed by atoms with Crippen LogP contribution in [-0.4, -0.2) is 14.3 Å². The van der Waals surface area contributed by atoms with Crippen molar-refractivity contribution in [1.29, 1.82) is 0 Å². The van der Waals surface area contributed by atoms with Gasteiger partial charge in [0.1, 0.15) is 4.90 Å². The van der Waals surface area contributed by atoms with E-state index < -0.39 is 15.9 Å². The largest absolute Gasteiger partial charge is 0.324 e. The van der Waals surface area contributed by atoms with Crippen LogP contribution in [0.25, 0.3) is 0 Å². The Bertz CT molecular complexity index is 540. The first-order valence-corrected chi connectivity index (χ1v) is 6.68. The second-order valence-corrected chi connectivity index (χ2v) is 5.70. The van der Waals surface area contributed by atoms with Crippen molar-refractivity contribution in [3.63, 3.8) is 0 Å². The SMILES string of the molecule is CC(=O)NS(=O)(=O)c1ccc(C(C)N)cc1Cl. The first-order chi connectivity index (χ1) is 7.74. The molecule has 1 aromatic carbocycles. The molecule has 0 saturated heterocycles. The number of nitrogens with one attached hydrogen (secondary N) is 1. The quantitative estimate of drug-likeness (QED) is 0.868. The van der Waals surface area contributed by atoms with Crippen LogP contribution in [0.3, 0.4) is 0 Å². The molecule has 0 aliphatic rings. The van der Waals surface area contributed by atoms with Gasteiger partial charge in [0.25, 0.3) is 10.0 Å². The molecular formula is C10H13ClN2O3S. The first kappa shape index (κ1) is 14.0. The first-order valence-electron chi connectivity index (χ1n) is 4.82. The Hall–Kier alpha value is -1.11. The molecule has 0 saturated carbocycles. The van der Waals surface area contributed by atoms with Gasteiger partial charge in [0.05, 0.1) is 5.02 Å². The van der Waals surface area contributed by atoms with Gasteiger partial charge in [0.15, 0.2) is 0 Å². The number of hydrogen-bond donors (Lipinski definition) is 2. The Balaban J connectivity index is 3.21. The predicted molar refractivity (Wildman–Crippen MR) is 65.1 cm³/mol. The number of nitrogens with two attached hydrogens (primary N) is 1. The Kier molecular flexibility index (Phi) is 4.13. The lowest BCUT2D eigenvalue weighted by molar-refractivity contribution is -0.117. The molecule has 1 aromatic rings. The van der Waals surface area contributed by atoms with Crippen molar-refractivity contribution in [2.75, 3.05) is 0 Å². The second kappa shape index (κ2) is 5.03. The van der Waals surface area contributed by atoms with E-state index in [4.69, 9.17) is 17.3 Å². The van der Waals surface area contributed by atoms with Crippen molar-refractivity contribution >= 4 is 27.5 Å². The standard InChI is InChI=1S/C10H13ClN2O3S/c1-6(12)8-3-4-10(9(11)5-8)17(15,16)13-7(2)14/h3-6H,12H2,1-2H3,(H,13,14). The van der Waals surface area contributed by atoms with Crippen LogP contribution in [0.2, 0.25) is 5.02 Å². The van der Waals surface area contributed by atoms with Crippen LogP contribution in [0.1, 0.15) is 25.5 Å². The van der Waals surface area contributed by atoms with Gasteiger partial charge >= 0.3 is 0 Å².